The summed E-state index contributed by atoms with van der Waals surface area (Å²) in [6, 6.07) is 0.419. The molecule has 1 aromatic rings. The number of nitrogens with one attached hydrogen (secondary N) is 1. The summed E-state index contributed by atoms with van der Waals surface area (Å²) < 4.78 is 1.78. The van der Waals surface area contributed by atoms with Crippen LogP contribution in [0.2, 0.25) is 0 Å². The fourth-order valence-corrected chi connectivity index (χ4v) is 2.01. The normalized spacial score (nSPS) is 15.1. The Morgan fingerprint density at radius 3 is 3.06 bits per heavy atom. The molecule has 1 fully saturated rings. The van der Waals surface area contributed by atoms with Crippen LogP contribution in [0.25, 0.3) is 0 Å². The van der Waals surface area contributed by atoms with Gasteiger partial charge in [-0.05, 0) is 29.2 Å². The molecule has 100 valence electrons. The summed E-state index contributed by atoms with van der Waals surface area (Å²) in [6.07, 6.45) is 2.23. The number of nitrogens with zero attached hydrogens (tertiary/aromatic N) is 4. The van der Waals surface area contributed by atoms with E-state index in [1.54, 1.807) is 4.68 Å². The number of carbonyl (C=O) groups excluding carboxylic acids is 1. The molecule has 1 aliphatic rings. The van der Waals surface area contributed by atoms with Gasteiger partial charge in [0.2, 0.25) is 5.16 Å². The van der Waals surface area contributed by atoms with Crippen molar-refractivity contribution in [3.05, 3.63) is 0 Å². The van der Waals surface area contributed by atoms with Gasteiger partial charge in [-0.2, -0.15) is 0 Å². The van der Waals surface area contributed by atoms with Crippen molar-refractivity contribution >= 4 is 17.7 Å². The molecule has 1 heterocycles. The van der Waals surface area contributed by atoms with Gasteiger partial charge in [-0.25, -0.2) is 10.2 Å². The van der Waals surface area contributed by atoms with E-state index in [1.165, 1.54) is 11.8 Å². The van der Waals surface area contributed by atoms with Gasteiger partial charge in [-0.1, -0.05) is 25.6 Å². The topological polar surface area (TPSA) is 81.9 Å². The summed E-state index contributed by atoms with van der Waals surface area (Å²) in [5, 5.41) is 12.1. The maximum Gasteiger partial charge on any atom is 0.254 e. The average molecular weight is 271 g/mol. The third-order valence-corrected chi connectivity index (χ3v) is 3.22. The number of hydroxylamine groups is 1. The summed E-state index contributed by atoms with van der Waals surface area (Å²) in [5.74, 6) is 0.469. The minimum Gasteiger partial charge on any atom is -0.273 e. The lowest BCUT2D eigenvalue weighted by Gasteiger charge is -2.07. The standard InChI is InChI=1S/C10H17N5O2S/c1-7(2)5-17-12-9(16)6-18-10-11-13-14-15(10)8-3-4-8/h7-8H,3-6H2,1-2H3,(H,12,16). The van der Waals surface area contributed by atoms with Crippen LogP contribution in [0.15, 0.2) is 5.16 Å². The van der Waals surface area contributed by atoms with Gasteiger partial charge in [0, 0.05) is 0 Å². The molecule has 1 aliphatic carbocycles. The number of hydrogen-bond acceptors (Lipinski definition) is 6. The van der Waals surface area contributed by atoms with E-state index >= 15 is 0 Å². The van der Waals surface area contributed by atoms with Gasteiger partial charge >= 0.3 is 0 Å². The Morgan fingerprint density at radius 1 is 1.61 bits per heavy atom. The Kier molecular flexibility index (Phi) is 4.54. The average Bonchev–Trinajstić information content (AvgIpc) is 3.05. The second-order valence-electron chi connectivity index (χ2n) is 4.66. The Hall–Kier alpha value is -1.15. The van der Waals surface area contributed by atoms with E-state index < -0.39 is 0 Å². The number of hydrogen-bond donors (Lipinski definition) is 1. The van der Waals surface area contributed by atoms with Crippen LogP contribution >= 0.6 is 11.8 Å². The molecule has 18 heavy (non-hydrogen) atoms. The molecule has 1 saturated carbocycles. The number of rotatable bonds is 7. The van der Waals surface area contributed by atoms with Gasteiger partial charge in [0.1, 0.15) is 0 Å². The third kappa shape index (κ3) is 3.95. The molecule has 0 spiro atoms. The molecule has 0 atom stereocenters. The Morgan fingerprint density at radius 2 is 2.39 bits per heavy atom. The highest BCUT2D eigenvalue weighted by atomic mass is 32.2. The van der Waals surface area contributed by atoms with Gasteiger partial charge < -0.3 is 0 Å². The Balaban J connectivity index is 1.70. The second-order valence-corrected chi connectivity index (χ2v) is 5.60. The van der Waals surface area contributed by atoms with Gasteiger partial charge in [-0.3, -0.25) is 9.63 Å². The number of carbonyl (C=O) groups is 1. The first kappa shape index (κ1) is 13.3. The number of thioether (sulfide) groups is 1. The molecule has 0 saturated heterocycles. The quantitative estimate of drug-likeness (QED) is 0.583. The molecule has 2 rings (SSSR count). The van der Waals surface area contributed by atoms with E-state index in [2.05, 4.69) is 21.0 Å². The van der Waals surface area contributed by atoms with Crippen LogP contribution in [-0.2, 0) is 9.63 Å². The first-order valence-corrected chi connectivity index (χ1v) is 6.96. The van der Waals surface area contributed by atoms with Crippen LogP contribution in [-0.4, -0.2) is 38.5 Å². The van der Waals surface area contributed by atoms with E-state index in [1.807, 2.05) is 13.8 Å². The van der Waals surface area contributed by atoms with Crippen molar-refractivity contribution in [1.29, 1.82) is 0 Å². The van der Waals surface area contributed by atoms with Crippen molar-refractivity contribution in [3.63, 3.8) is 0 Å². The first-order valence-electron chi connectivity index (χ1n) is 5.98. The molecule has 0 unspecified atom stereocenters. The van der Waals surface area contributed by atoms with Crippen LogP contribution in [0.3, 0.4) is 0 Å². The van der Waals surface area contributed by atoms with Crippen molar-refractivity contribution in [2.45, 2.75) is 37.9 Å². The van der Waals surface area contributed by atoms with Crippen molar-refractivity contribution in [1.82, 2.24) is 25.7 Å². The molecule has 1 aromatic heterocycles. The summed E-state index contributed by atoms with van der Waals surface area (Å²) in [5.41, 5.74) is 2.40. The minimum absolute atomic E-state index is 0.175. The molecule has 1 amide bonds. The summed E-state index contributed by atoms with van der Waals surface area (Å²) in [7, 11) is 0. The van der Waals surface area contributed by atoms with Crippen molar-refractivity contribution in [2.75, 3.05) is 12.4 Å². The van der Waals surface area contributed by atoms with E-state index in [-0.39, 0.29) is 11.7 Å². The van der Waals surface area contributed by atoms with Crippen molar-refractivity contribution in [3.8, 4) is 0 Å². The van der Waals surface area contributed by atoms with E-state index in [0.717, 1.165) is 12.8 Å². The lowest BCUT2D eigenvalue weighted by Crippen LogP contribution is -2.27. The first-order chi connectivity index (χ1) is 8.66. The number of amides is 1. The molecule has 8 heteroatoms. The van der Waals surface area contributed by atoms with Gasteiger partial charge in [0.15, 0.2) is 0 Å². The number of tetrazole rings is 1. The molecule has 0 aliphatic heterocycles. The zero-order valence-electron chi connectivity index (χ0n) is 10.5. The summed E-state index contributed by atoms with van der Waals surface area (Å²) >= 11 is 1.32. The maximum absolute atomic E-state index is 11.5. The Labute approximate surface area is 110 Å². The van der Waals surface area contributed by atoms with Crippen LogP contribution in [0.5, 0.6) is 0 Å². The van der Waals surface area contributed by atoms with Crippen LogP contribution < -0.4 is 5.48 Å². The van der Waals surface area contributed by atoms with E-state index in [9.17, 15) is 4.79 Å². The van der Waals surface area contributed by atoms with Crippen LogP contribution in [0.1, 0.15) is 32.7 Å². The van der Waals surface area contributed by atoms with Crippen LogP contribution in [0, 0.1) is 5.92 Å². The van der Waals surface area contributed by atoms with Crippen molar-refractivity contribution in [2.24, 2.45) is 5.92 Å². The predicted molar refractivity (Wildman–Crippen MR) is 65.7 cm³/mol. The smallest absolute Gasteiger partial charge is 0.254 e. The lowest BCUT2D eigenvalue weighted by molar-refractivity contribution is -0.131. The molecular formula is C10H17N5O2S. The third-order valence-electron chi connectivity index (χ3n) is 2.29. The second kappa shape index (κ2) is 6.14. The molecule has 7 nitrogen and oxygen atoms in total. The fourth-order valence-electron chi connectivity index (χ4n) is 1.28. The highest BCUT2D eigenvalue weighted by molar-refractivity contribution is 7.99. The minimum atomic E-state index is -0.175. The SMILES string of the molecule is CC(C)CONC(=O)CSc1nnnn1C1CC1. The molecule has 0 bridgehead atoms. The van der Waals surface area contributed by atoms with Crippen LogP contribution in [0.4, 0.5) is 0 Å². The monoisotopic (exact) mass is 271 g/mol. The predicted octanol–water partition coefficient (Wildman–Crippen LogP) is 0.804. The zero-order valence-corrected chi connectivity index (χ0v) is 11.3. The highest BCUT2D eigenvalue weighted by Gasteiger charge is 2.28. The largest absolute Gasteiger partial charge is 0.273 e. The van der Waals surface area contributed by atoms with E-state index in [4.69, 9.17) is 4.84 Å². The molecular weight excluding hydrogens is 254 g/mol. The van der Waals surface area contributed by atoms with Gasteiger partial charge in [0.05, 0.1) is 18.4 Å². The maximum atomic E-state index is 11.5. The summed E-state index contributed by atoms with van der Waals surface area (Å²) in [6.45, 7) is 4.55. The lowest BCUT2D eigenvalue weighted by atomic mass is 10.2. The Bertz CT molecular complexity index is 405. The van der Waals surface area contributed by atoms with E-state index in [0.29, 0.717) is 23.7 Å². The van der Waals surface area contributed by atoms with Gasteiger partial charge in [0.25, 0.3) is 5.91 Å². The fraction of sp³-hybridized carbons (Fsp3) is 0.800. The molecule has 0 radical (unpaired) electrons. The molecule has 0 aromatic carbocycles. The molecule has 1 N–H and O–H groups in total. The number of aromatic nitrogens is 4. The zero-order chi connectivity index (χ0) is 13.0. The van der Waals surface area contributed by atoms with Gasteiger partial charge in [-0.15, -0.1) is 5.10 Å². The highest BCUT2D eigenvalue weighted by Crippen LogP contribution is 2.36. The van der Waals surface area contributed by atoms with Crippen molar-refractivity contribution < 1.29 is 9.63 Å². The summed E-state index contributed by atoms with van der Waals surface area (Å²) in [4.78, 5) is 16.5.